The molecule has 0 aliphatic carbocycles. The summed E-state index contributed by atoms with van der Waals surface area (Å²) < 4.78 is 17.8. The van der Waals surface area contributed by atoms with Crippen LogP contribution in [0.4, 0.5) is 0 Å². The Labute approximate surface area is 99.9 Å². The van der Waals surface area contributed by atoms with E-state index in [2.05, 4.69) is 0 Å². The Bertz CT molecular complexity index is 435. The lowest BCUT2D eigenvalue weighted by Crippen LogP contribution is -2.33. The number of ether oxygens (including phenoxy) is 3. The Morgan fingerprint density at radius 2 is 2.29 bits per heavy atom. The lowest BCUT2D eigenvalue weighted by Gasteiger charge is -2.23. The summed E-state index contributed by atoms with van der Waals surface area (Å²) in [5, 5.41) is 0. The van der Waals surface area contributed by atoms with E-state index in [0.29, 0.717) is 32.2 Å². The molecule has 0 bridgehead atoms. The van der Waals surface area contributed by atoms with Gasteiger partial charge in [-0.25, -0.2) is 0 Å². The van der Waals surface area contributed by atoms with E-state index >= 15 is 0 Å². The third kappa shape index (κ3) is 3.08. The molecule has 0 radical (unpaired) electrons. The van der Waals surface area contributed by atoms with E-state index in [0.717, 1.165) is 5.69 Å². The molecule has 2 heterocycles. The van der Waals surface area contributed by atoms with Gasteiger partial charge in [0, 0.05) is 18.8 Å². The fourth-order valence-electron chi connectivity index (χ4n) is 1.64. The minimum absolute atomic E-state index is 0.0480. The zero-order valence-corrected chi connectivity index (χ0v) is 10.1. The van der Waals surface area contributed by atoms with E-state index in [1.165, 1.54) is 6.07 Å². The van der Waals surface area contributed by atoms with Gasteiger partial charge in [-0.3, -0.25) is 4.79 Å². The largest absolute Gasteiger partial charge is 0.491 e. The second-order valence-electron chi connectivity index (χ2n) is 4.11. The molecule has 1 fully saturated rings. The zero-order chi connectivity index (χ0) is 12.3. The molecule has 0 saturated carbocycles. The highest BCUT2D eigenvalue weighted by Crippen LogP contribution is 2.11. The maximum atomic E-state index is 11.5. The first-order valence-corrected chi connectivity index (χ1v) is 5.66. The molecule has 0 amide bonds. The van der Waals surface area contributed by atoms with Crippen LogP contribution in [0.5, 0.6) is 5.75 Å². The van der Waals surface area contributed by atoms with E-state index < -0.39 is 0 Å². The third-order valence-corrected chi connectivity index (χ3v) is 2.80. The molecule has 5 heteroatoms. The summed E-state index contributed by atoms with van der Waals surface area (Å²) >= 11 is 0. The number of pyridine rings is 1. The second-order valence-corrected chi connectivity index (χ2v) is 4.11. The lowest BCUT2D eigenvalue weighted by atomic mass is 10.3. The predicted octanol–water partition coefficient (Wildman–Crippen LogP) is 0.488. The maximum Gasteiger partial charge on any atom is 0.254 e. The van der Waals surface area contributed by atoms with Gasteiger partial charge in [-0.15, -0.1) is 0 Å². The molecule has 0 N–H and O–H groups in total. The summed E-state index contributed by atoms with van der Waals surface area (Å²) in [6.45, 7) is 4.07. The van der Waals surface area contributed by atoms with Crippen molar-refractivity contribution in [2.45, 2.75) is 13.0 Å². The number of aryl methyl sites for hydroxylation is 1. The van der Waals surface area contributed by atoms with Crippen molar-refractivity contribution in [3.63, 3.8) is 0 Å². The SMILES string of the molecule is Cc1cc(OCC2COCCO2)cc(=O)n1C. The minimum Gasteiger partial charge on any atom is -0.491 e. The summed E-state index contributed by atoms with van der Waals surface area (Å²) in [5.74, 6) is 0.583. The molecule has 0 spiro atoms. The molecule has 0 aromatic carbocycles. The van der Waals surface area contributed by atoms with Gasteiger partial charge in [-0.2, -0.15) is 0 Å². The number of rotatable bonds is 3. The van der Waals surface area contributed by atoms with Crippen LogP contribution in [0.3, 0.4) is 0 Å². The maximum absolute atomic E-state index is 11.5. The lowest BCUT2D eigenvalue weighted by molar-refractivity contribution is -0.101. The van der Waals surface area contributed by atoms with Crippen LogP contribution in [0, 0.1) is 6.92 Å². The summed E-state index contributed by atoms with van der Waals surface area (Å²) in [5.41, 5.74) is 0.800. The molecular weight excluding hydrogens is 222 g/mol. The molecule has 1 saturated heterocycles. The zero-order valence-electron chi connectivity index (χ0n) is 10.1. The van der Waals surface area contributed by atoms with Gasteiger partial charge in [-0.1, -0.05) is 0 Å². The highest BCUT2D eigenvalue weighted by Gasteiger charge is 2.15. The molecule has 1 aliphatic rings. The van der Waals surface area contributed by atoms with Crippen molar-refractivity contribution in [1.82, 2.24) is 4.57 Å². The average Bonchev–Trinajstić information content (AvgIpc) is 2.34. The Hall–Kier alpha value is -1.33. The molecule has 1 aromatic heterocycles. The van der Waals surface area contributed by atoms with Crippen LogP contribution in [0.15, 0.2) is 16.9 Å². The average molecular weight is 239 g/mol. The molecular formula is C12H17NO4. The number of hydrogen-bond donors (Lipinski definition) is 0. The normalized spacial score (nSPS) is 20.2. The van der Waals surface area contributed by atoms with Gasteiger partial charge in [-0.05, 0) is 13.0 Å². The van der Waals surface area contributed by atoms with Crippen LogP contribution in [0.25, 0.3) is 0 Å². The Kier molecular flexibility index (Phi) is 3.81. The van der Waals surface area contributed by atoms with Crippen LogP contribution >= 0.6 is 0 Å². The van der Waals surface area contributed by atoms with Gasteiger partial charge in [0.15, 0.2) is 0 Å². The van der Waals surface area contributed by atoms with Gasteiger partial charge in [0.1, 0.15) is 18.5 Å². The van der Waals surface area contributed by atoms with Crippen molar-refractivity contribution in [3.8, 4) is 5.75 Å². The van der Waals surface area contributed by atoms with Gasteiger partial charge < -0.3 is 18.8 Å². The molecule has 5 nitrogen and oxygen atoms in total. The van der Waals surface area contributed by atoms with Crippen LogP contribution < -0.4 is 10.3 Å². The van der Waals surface area contributed by atoms with Gasteiger partial charge in [0.2, 0.25) is 0 Å². The van der Waals surface area contributed by atoms with Crippen LogP contribution in [-0.4, -0.2) is 37.1 Å². The number of aromatic nitrogens is 1. The first-order valence-electron chi connectivity index (χ1n) is 5.66. The molecule has 94 valence electrons. The van der Waals surface area contributed by atoms with Crippen LogP contribution in [0.2, 0.25) is 0 Å². The fourth-order valence-corrected chi connectivity index (χ4v) is 1.64. The minimum atomic E-state index is -0.0687. The molecule has 1 unspecified atom stereocenters. The predicted molar refractivity (Wildman–Crippen MR) is 62.5 cm³/mol. The molecule has 2 rings (SSSR count). The van der Waals surface area contributed by atoms with E-state index in [1.807, 2.05) is 13.0 Å². The van der Waals surface area contributed by atoms with E-state index in [9.17, 15) is 4.79 Å². The first kappa shape index (κ1) is 12.1. The summed E-state index contributed by atoms with van der Waals surface area (Å²) in [6.07, 6.45) is -0.0480. The number of hydrogen-bond acceptors (Lipinski definition) is 4. The van der Waals surface area contributed by atoms with Crippen LogP contribution in [0.1, 0.15) is 5.69 Å². The van der Waals surface area contributed by atoms with Gasteiger partial charge in [0.05, 0.1) is 19.8 Å². The highest BCUT2D eigenvalue weighted by molar-refractivity contribution is 5.23. The Balaban J connectivity index is 1.96. The summed E-state index contributed by atoms with van der Waals surface area (Å²) in [7, 11) is 1.74. The van der Waals surface area contributed by atoms with E-state index in [4.69, 9.17) is 14.2 Å². The monoisotopic (exact) mass is 239 g/mol. The topological polar surface area (TPSA) is 49.7 Å². The van der Waals surface area contributed by atoms with Crippen LogP contribution in [-0.2, 0) is 16.5 Å². The molecule has 1 atom stereocenters. The van der Waals surface area contributed by atoms with Crippen molar-refractivity contribution in [1.29, 1.82) is 0 Å². The third-order valence-electron chi connectivity index (χ3n) is 2.80. The van der Waals surface area contributed by atoms with Crippen molar-refractivity contribution in [3.05, 3.63) is 28.2 Å². The van der Waals surface area contributed by atoms with Crippen molar-refractivity contribution in [2.75, 3.05) is 26.4 Å². The number of nitrogens with zero attached hydrogens (tertiary/aromatic N) is 1. The van der Waals surface area contributed by atoms with Crippen molar-refractivity contribution < 1.29 is 14.2 Å². The molecule has 1 aromatic rings. The fraction of sp³-hybridized carbons (Fsp3) is 0.583. The van der Waals surface area contributed by atoms with Gasteiger partial charge >= 0.3 is 0 Å². The summed E-state index contributed by atoms with van der Waals surface area (Å²) in [6, 6.07) is 3.32. The van der Waals surface area contributed by atoms with Crippen molar-refractivity contribution in [2.24, 2.45) is 7.05 Å². The standard InChI is InChI=1S/C12H17NO4/c1-9-5-10(6-12(14)13(9)2)17-8-11-7-15-3-4-16-11/h5-6,11H,3-4,7-8H2,1-2H3. The summed E-state index contributed by atoms with van der Waals surface area (Å²) in [4.78, 5) is 11.5. The Morgan fingerprint density at radius 1 is 1.47 bits per heavy atom. The van der Waals surface area contributed by atoms with Crippen molar-refractivity contribution >= 4 is 0 Å². The first-order chi connectivity index (χ1) is 8.16. The highest BCUT2D eigenvalue weighted by atomic mass is 16.6. The quantitative estimate of drug-likeness (QED) is 0.770. The smallest absolute Gasteiger partial charge is 0.254 e. The Morgan fingerprint density at radius 3 is 2.94 bits per heavy atom. The second kappa shape index (κ2) is 5.33. The van der Waals surface area contributed by atoms with Gasteiger partial charge in [0.25, 0.3) is 5.56 Å². The van der Waals surface area contributed by atoms with E-state index in [1.54, 1.807) is 11.6 Å². The van der Waals surface area contributed by atoms with E-state index in [-0.39, 0.29) is 11.7 Å². The molecule has 1 aliphatic heterocycles. The molecule has 17 heavy (non-hydrogen) atoms.